The molecule has 0 aliphatic carbocycles. The molecule has 6 heteroatoms. The molecule has 0 amide bonds. The van der Waals surface area contributed by atoms with E-state index in [0.29, 0.717) is 6.42 Å². The van der Waals surface area contributed by atoms with Crippen LogP contribution in [0.3, 0.4) is 0 Å². The van der Waals surface area contributed by atoms with Crippen LogP contribution in [0.2, 0.25) is 0 Å². The Hall–Kier alpha value is -2.35. The third-order valence-electron chi connectivity index (χ3n) is 3.45. The van der Waals surface area contributed by atoms with E-state index in [9.17, 15) is 18.6 Å². The summed E-state index contributed by atoms with van der Waals surface area (Å²) in [6.45, 7) is 3.70. The van der Waals surface area contributed by atoms with Crippen LogP contribution < -0.4 is 0 Å². The largest absolute Gasteiger partial charge is 0.380 e. The van der Waals surface area contributed by atoms with Gasteiger partial charge in [0.1, 0.15) is 12.2 Å². The zero-order valence-corrected chi connectivity index (χ0v) is 16.9. The highest BCUT2D eigenvalue weighted by Crippen LogP contribution is 2.13. The van der Waals surface area contributed by atoms with Gasteiger partial charge in [0.05, 0.1) is 11.5 Å². The van der Waals surface area contributed by atoms with Crippen LogP contribution in [0.15, 0.2) is 53.5 Å². The molecular formula is C22H26O5S. The van der Waals surface area contributed by atoms with Gasteiger partial charge in [-0.2, -0.15) is 8.42 Å². The topological polar surface area (TPSA) is 83.8 Å². The summed E-state index contributed by atoms with van der Waals surface area (Å²) in [7, 11) is -3.84. The molecule has 0 bridgehead atoms. The maximum Gasteiger partial charge on any atom is 0.296 e. The molecule has 150 valence electrons. The van der Waals surface area contributed by atoms with Gasteiger partial charge in [0.2, 0.25) is 0 Å². The van der Waals surface area contributed by atoms with Crippen molar-refractivity contribution in [3.63, 3.8) is 0 Å². The molecule has 1 rings (SSSR count). The molecule has 0 saturated heterocycles. The molecule has 0 fully saturated rings. The van der Waals surface area contributed by atoms with Gasteiger partial charge < -0.3 is 10.2 Å². The predicted molar refractivity (Wildman–Crippen MR) is 110 cm³/mol. The molecule has 2 N–H and O–H groups in total. The van der Waals surface area contributed by atoms with Crippen LogP contribution in [0.4, 0.5) is 0 Å². The Morgan fingerprint density at radius 3 is 2.25 bits per heavy atom. The van der Waals surface area contributed by atoms with Gasteiger partial charge in [0.25, 0.3) is 10.1 Å². The average Bonchev–Trinajstić information content (AvgIpc) is 2.65. The second-order valence-electron chi connectivity index (χ2n) is 5.94. The van der Waals surface area contributed by atoms with Crippen LogP contribution in [0, 0.1) is 30.6 Å². The minimum Gasteiger partial charge on any atom is -0.380 e. The fraction of sp³-hybridized carbons (Fsp3) is 0.364. The van der Waals surface area contributed by atoms with Crippen molar-refractivity contribution in [1.82, 2.24) is 0 Å². The van der Waals surface area contributed by atoms with Crippen molar-refractivity contribution < 1.29 is 22.8 Å². The summed E-state index contributed by atoms with van der Waals surface area (Å²) in [6, 6.07) is 6.33. The van der Waals surface area contributed by atoms with E-state index in [2.05, 4.69) is 23.7 Å². The standard InChI is InChI=1S/C22H26O5S/c1-3-4-7-10-20(23)11-8-5-6-9-12-21(24)17-18-27-28(25,26)22-15-13-19(2)14-16-22/h4-7,13-16,20-21,23-24H,3,10,17-18H2,1-2H3/b6-5-,7-4-/t20-,21+/m0/s1. The molecule has 1 aromatic rings. The van der Waals surface area contributed by atoms with E-state index in [1.807, 2.05) is 26.0 Å². The molecular weight excluding hydrogens is 376 g/mol. The molecule has 0 aromatic heterocycles. The minimum absolute atomic E-state index is 0.0556. The van der Waals surface area contributed by atoms with Crippen molar-refractivity contribution in [2.24, 2.45) is 0 Å². The lowest BCUT2D eigenvalue weighted by Crippen LogP contribution is -2.12. The van der Waals surface area contributed by atoms with E-state index in [1.54, 1.807) is 12.1 Å². The monoisotopic (exact) mass is 402 g/mol. The van der Waals surface area contributed by atoms with E-state index >= 15 is 0 Å². The maximum atomic E-state index is 12.0. The molecule has 0 spiro atoms. The van der Waals surface area contributed by atoms with Gasteiger partial charge in [-0.05, 0) is 37.6 Å². The number of hydrogen-bond donors (Lipinski definition) is 2. The number of benzene rings is 1. The van der Waals surface area contributed by atoms with Crippen molar-refractivity contribution in [2.45, 2.75) is 50.2 Å². The predicted octanol–water partition coefficient (Wildman–Crippen LogP) is 2.73. The summed E-state index contributed by atoms with van der Waals surface area (Å²) in [5, 5.41) is 19.3. The van der Waals surface area contributed by atoms with E-state index in [0.717, 1.165) is 12.0 Å². The molecule has 0 saturated carbocycles. The van der Waals surface area contributed by atoms with Crippen LogP contribution in [0.5, 0.6) is 0 Å². The first-order valence-corrected chi connectivity index (χ1v) is 10.4. The average molecular weight is 403 g/mol. The molecule has 0 aliphatic heterocycles. The van der Waals surface area contributed by atoms with Gasteiger partial charge in [-0.3, -0.25) is 4.18 Å². The van der Waals surface area contributed by atoms with Gasteiger partial charge in [-0.25, -0.2) is 0 Å². The first kappa shape index (κ1) is 23.7. The molecule has 0 aliphatic rings. The molecule has 0 heterocycles. The zero-order valence-electron chi connectivity index (χ0n) is 16.1. The van der Waals surface area contributed by atoms with Crippen molar-refractivity contribution in [2.75, 3.05) is 6.61 Å². The Labute approximate surface area is 167 Å². The molecule has 2 atom stereocenters. The normalized spacial score (nSPS) is 13.6. The Bertz CT molecular complexity index is 875. The molecule has 5 nitrogen and oxygen atoms in total. The number of allylic oxidation sites excluding steroid dienone is 3. The third kappa shape index (κ3) is 10.1. The van der Waals surface area contributed by atoms with Crippen molar-refractivity contribution >= 4 is 10.1 Å². The molecule has 1 aromatic carbocycles. The summed E-state index contributed by atoms with van der Waals surface area (Å²) in [5.41, 5.74) is 0.949. The molecule has 28 heavy (non-hydrogen) atoms. The summed E-state index contributed by atoms with van der Waals surface area (Å²) in [4.78, 5) is 0.0764. The molecule has 0 radical (unpaired) electrons. The highest BCUT2D eigenvalue weighted by Gasteiger charge is 2.15. The van der Waals surface area contributed by atoms with Gasteiger partial charge in [-0.1, -0.05) is 60.5 Å². The molecule has 0 unspecified atom stereocenters. The second kappa shape index (κ2) is 12.9. The highest BCUT2D eigenvalue weighted by atomic mass is 32.2. The Balaban J connectivity index is 2.38. The van der Waals surface area contributed by atoms with Gasteiger partial charge in [0.15, 0.2) is 0 Å². The lowest BCUT2D eigenvalue weighted by atomic mass is 10.2. The first-order valence-electron chi connectivity index (χ1n) is 8.99. The number of aliphatic hydroxyl groups excluding tert-OH is 2. The lowest BCUT2D eigenvalue weighted by molar-refractivity contribution is 0.188. The van der Waals surface area contributed by atoms with Gasteiger partial charge >= 0.3 is 0 Å². The fourth-order valence-corrected chi connectivity index (χ4v) is 2.86. The lowest BCUT2D eigenvalue weighted by Gasteiger charge is -2.06. The number of rotatable bonds is 8. The summed E-state index contributed by atoms with van der Waals surface area (Å²) < 4.78 is 28.9. The van der Waals surface area contributed by atoms with Crippen LogP contribution in [0.25, 0.3) is 0 Å². The number of aryl methyl sites for hydroxylation is 1. The van der Waals surface area contributed by atoms with E-state index in [-0.39, 0.29) is 17.9 Å². The maximum absolute atomic E-state index is 12.0. The zero-order chi connectivity index (χ0) is 20.8. The van der Waals surface area contributed by atoms with Crippen molar-refractivity contribution in [1.29, 1.82) is 0 Å². The summed E-state index contributed by atoms with van der Waals surface area (Å²) >= 11 is 0. The summed E-state index contributed by atoms with van der Waals surface area (Å²) in [5.74, 6) is 10.5. The SMILES string of the molecule is CC/C=C\C[C@H](O)C#C/C=C\C#C[C@@H](O)CCOS(=O)(=O)c1ccc(C)cc1. The Morgan fingerprint density at radius 2 is 1.64 bits per heavy atom. The second-order valence-corrected chi connectivity index (χ2v) is 7.55. The summed E-state index contributed by atoms with van der Waals surface area (Å²) in [6.07, 6.45) is 6.48. The number of hydrogen-bond acceptors (Lipinski definition) is 5. The third-order valence-corrected chi connectivity index (χ3v) is 4.78. The first-order chi connectivity index (χ1) is 13.3. The Morgan fingerprint density at radius 1 is 1.04 bits per heavy atom. The van der Waals surface area contributed by atoms with Gasteiger partial charge in [-0.15, -0.1) is 0 Å². The van der Waals surface area contributed by atoms with Gasteiger partial charge in [0, 0.05) is 12.8 Å². The fourth-order valence-electron chi connectivity index (χ4n) is 1.94. The van der Waals surface area contributed by atoms with E-state index in [1.165, 1.54) is 24.3 Å². The van der Waals surface area contributed by atoms with Crippen LogP contribution in [-0.4, -0.2) is 37.4 Å². The highest BCUT2D eigenvalue weighted by molar-refractivity contribution is 7.86. The van der Waals surface area contributed by atoms with Crippen LogP contribution in [-0.2, 0) is 14.3 Å². The number of aliphatic hydroxyl groups is 2. The minimum atomic E-state index is -3.84. The van der Waals surface area contributed by atoms with Crippen LogP contribution in [0.1, 0.15) is 31.7 Å². The smallest absolute Gasteiger partial charge is 0.296 e. The van der Waals surface area contributed by atoms with E-state index < -0.39 is 22.3 Å². The van der Waals surface area contributed by atoms with E-state index in [4.69, 9.17) is 4.18 Å². The van der Waals surface area contributed by atoms with Crippen LogP contribution >= 0.6 is 0 Å². The quantitative estimate of drug-likeness (QED) is 0.397. The van der Waals surface area contributed by atoms with Crippen molar-refractivity contribution in [3.8, 4) is 23.7 Å². The Kier molecular flexibility index (Phi) is 10.9. The van der Waals surface area contributed by atoms with Crippen molar-refractivity contribution in [3.05, 3.63) is 54.1 Å².